The molecule has 0 fully saturated rings. The van der Waals surface area contributed by atoms with E-state index in [1.54, 1.807) is 13.0 Å². The maximum absolute atomic E-state index is 12.8. The second-order valence-electron chi connectivity index (χ2n) is 4.56. The average molecular weight is 358 g/mol. The Morgan fingerprint density at radius 3 is 2.43 bits per heavy atom. The molecule has 2 N–H and O–H groups in total. The molecule has 0 spiro atoms. The lowest BCUT2D eigenvalue weighted by atomic mass is 9.96. The van der Waals surface area contributed by atoms with E-state index in [1.807, 2.05) is 0 Å². The van der Waals surface area contributed by atoms with Crippen LogP contribution in [-0.4, -0.2) is 5.91 Å². The van der Waals surface area contributed by atoms with Crippen LogP contribution in [0, 0.1) is 6.92 Å². The number of carbonyl (C=O) groups is 1. The number of nitrogens with two attached hydrogens (primary N) is 1. The summed E-state index contributed by atoms with van der Waals surface area (Å²) in [5, 5.41) is 0. The van der Waals surface area contributed by atoms with Gasteiger partial charge in [-0.3, -0.25) is 4.79 Å². The lowest BCUT2D eigenvalue weighted by molar-refractivity contribution is -0.137. The van der Waals surface area contributed by atoms with Crippen molar-refractivity contribution < 1.29 is 18.0 Å². The highest BCUT2D eigenvalue weighted by molar-refractivity contribution is 9.10. The van der Waals surface area contributed by atoms with Gasteiger partial charge in [-0.1, -0.05) is 18.2 Å². The first kappa shape index (κ1) is 15.6. The van der Waals surface area contributed by atoms with Crippen LogP contribution < -0.4 is 5.73 Å². The molecular formula is C15H11BrF3NO. The molecule has 2 aromatic carbocycles. The second-order valence-corrected chi connectivity index (χ2v) is 5.35. The van der Waals surface area contributed by atoms with Crippen molar-refractivity contribution in [1.82, 2.24) is 0 Å². The third-order valence-electron chi connectivity index (χ3n) is 3.08. The van der Waals surface area contributed by atoms with Crippen molar-refractivity contribution in [3.05, 3.63) is 57.6 Å². The summed E-state index contributed by atoms with van der Waals surface area (Å²) in [7, 11) is 0. The number of benzene rings is 2. The van der Waals surface area contributed by atoms with Gasteiger partial charge in [0.15, 0.2) is 0 Å². The zero-order valence-electron chi connectivity index (χ0n) is 11.0. The molecular weight excluding hydrogens is 347 g/mol. The lowest BCUT2D eigenvalue weighted by Crippen LogP contribution is -2.13. The summed E-state index contributed by atoms with van der Waals surface area (Å²) >= 11 is 3.32. The first-order valence-corrected chi connectivity index (χ1v) is 6.77. The molecule has 0 aliphatic carbocycles. The van der Waals surface area contributed by atoms with Crippen LogP contribution in [0.1, 0.15) is 21.5 Å². The molecule has 6 heteroatoms. The van der Waals surface area contributed by atoms with Gasteiger partial charge < -0.3 is 5.73 Å². The molecule has 0 atom stereocenters. The summed E-state index contributed by atoms with van der Waals surface area (Å²) in [6, 6.07) is 8.00. The number of amides is 1. The van der Waals surface area contributed by atoms with Crippen molar-refractivity contribution in [3.63, 3.8) is 0 Å². The topological polar surface area (TPSA) is 43.1 Å². The second kappa shape index (κ2) is 5.52. The van der Waals surface area contributed by atoms with Crippen LogP contribution in [0.15, 0.2) is 40.9 Å². The predicted octanol–water partition coefficient (Wildman–Crippen LogP) is 4.54. The molecule has 0 aliphatic rings. The van der Waals surface area contributed by atoms with E-state index >= 15 is 0 Å². The van der Waals surface area contributed by atoms with Gasteiger partial charge in [0, 0.05) is 15.6 Å². The smallest absolute Gasteiger partial charge is 0.366 e. The van der Waals surface area contributed by atoms with Gasteiger partial charge in [-0.2, -0.15) is 13.2 Å². The van der Waals surface area contributed by atoms with Gasteiger partial charge in [0.1, 0.15) is 0 Å². The zero-order chi connectivity index (χ0) is 15.8. The van der Waals surface area contributed by atoms with Gasteiger partial charge in [0.05, 0.1) is 5.56 Å². The van der Waals surface area contributed by atoms with Gasteiger partial charge in [-0.15, -0.1) is 0 Å². The minimum atomic E-state index is -4.45. The SMILES string of the molecule is Cc1ccc(C(N)=O)c(-c2cccc(C(F)(F)F)c2)c1Br. The molecule has 0 heterocycles. The van der Waals surface area contributed by atoms with Crippen molar-refractivity contribution in [1.29, 1.82) is 0 Å². The highest BCUT2D eigenvalue weighted by Gasteiger charge is 2.31. The molecule has 2 rings (SSSR count). The fourth-order valence-electron chi connectivity index (χ4n) is 2.02. The minimum Gasteiger partial charge on any atom is -0.366 e. The number of aryl methyl sites for hydroxylation is 1. The van der Waals surface area contributed by atoms with Crippen molar-refractivity contribution in [3.8, 4) is 11.1 Å². The average Bonchev–Trinajstić information content (AvgIpc) is 2.40. The third-order valence-corrected chi connectivity index (χ3v) is 4.10. The maximum Gasteiger partial charge on any atom is 0.416 e. The Balaban J connectivity index is 2.72. The monoisotopic (exact) mass is 357 g/mol. The van der Waals surface area contributed by atoms with Crippen molar-refractivity contribution >= 4 is 21.8 Å². The Morgan fingerprint density at radius 1 is 1.19 bits per heavy atom. The Labute approximate surface area is 127 Å². The Bertz CT molecular complexity index is 711. The number of primary amides is 1. The standard InChI is InChI=1S/C15H11BrF3NO/c1-8-5-6-11(14(20)21)12(13(8)16)9-3-2-4-10(7-9)15(17,18)19/h2-7H,1H3,(H2,20,21). The molecule has 2 nitrogen and oxygen atoms in total. The molecule has 0 unspecified atom stereocenters. The molecule has 0 aromatic heterocycles. The van der Waals surface area contributed by atoms with Gasteiger partial charge >= 0.3 is 6.18 Å². The van der Waals surface area contributed by atoms with E-state index in [4.69, 9.17) is 5.73 Å². The van der Waals surface area contributed by atoms with E-state index in [0.717, 1.165) is 17.7 Å². The first-order chi connectivity index (χ1) is 9.71. The van der Waals surface area contributed by atoms with Crippen LogP contribution in [0.2, 0.25) is 0 Å². The Kier molecular flexibility index (Phi) is 4.09. The molecule has 21 heavy (non-hydrogen) atoms. The Hall–Kier alpha value is -1.82. The third kappa shape index (κ3) is 3.10. The molecule has 0 radical (unpaired) electrons. The number of rotatable bonds is 2. The van der Waals surface area contributed by atoms with E-state index in [9.17, 15) is 18.0 Å². The number of alkyl halides is 3. The van der Waals surface area contributed by atoms with Gasteiger partial charge in [-0.25, -0.2) is 0 Å². The van der Waals surface area contributed by atoms with Crippen LogP contribution in [0.4, 0.5) is 13.2 Å². The van der Waals surface area contributed by atoms with Crippen molar-refractivity contribution in [2.75, 3.05) is 0 Å². The van der Waals surface area contributed by atoms with Gasteiger partial charge in [0.25, 0.3) is 0 Å². The molecule has 0 aliphatic heterocycles. The summed E-state index contributed by atoms with van der Waals surface area (Å²) in [5.41, 5.74) is 6.17. The van der Waals surface area contributed by atoms with Crippen LogP contribution >= 0.6 is 15.9 Å². The summed E-state index contributed by atoms with van der Waals surface area (Å²) < 4.78 is 39.0. The van der Waals surface area contributed by atoms with E-state index in [0.29, 0.717) is 10.0 Å². The predicted molar refractivity (Wildman–Crippen MR) is 77.8 cm³/mol. The largest absolute Gasteiger partial charge is 0.416 e. The fourth-order valence-corrected chi connectivity index (χ4v) is 2.59. The number of hydrogen-bond donors (Lipinski definition) is 1. The maximum atomic E-state index is 12.8. The lowest BCUT2D eigenvalue weighted by Gasteiger charge is -2.14. The van der Waals surface area contributed by atoms with E-state index in [1.165, 1.54) is 18.2 Å². The van der Waals surface area contributed by atoms with Crippen molar-refractivity contribution in [2.45, 2.75) is 13.1 Å². The molecule has 110 valence electrons. The quantitative estimate of drug-likeness (QED) is 0.842. The van der Waals surface area contributed by atoms with E-state index < -0.39 is 17.6 Å². The molecule has 0 saturated carbocycles. The minimum absolute atomic E-state index is 0.173. The molecule has 0 saturated heterocycles. The van der Waals surface area contributed by atoms with E-state index in [2.05, 4.69) is 15.9 Å². The fraction of sp³-hybridized carbons (Fsp3) is 0.133. The number of halogens is 4. The summed E-state index contributed by atoms with van der Waals surface area (Å²) in [4.78, 5) is 11.5. The molecule has 0 bridgehead atoms. The normalized spacial score (nSPS) is 11.5. The van der Waals surface area contributed by atoms with E-state index in [-0.39, 0.29) is 11.1 Å². The molecule has 2 aromatic rings. The van der Waals surface area contributed by atoms with Gasteiger partial charge in [-0.05, 0) is 52.2 Å². The zero-order valence-corrected chi connectivity index (χ0v) is 12.5. The van der Waals surface area contributed by atoms with Gasteiger partial charge in [0.2, 0.25) is 5.91 Å². The number of hydrogen-bond acceptors (Lipinski definition) is 1. The van der Waals surface area contributed by atoms with Crippen molar-refractivity contribution in [2.24, 2.45) is 5.73 Å². The van der Waals surface area contributed by atoms with Crippen LogP contribution in [0.3, 0.4) is 0 Å². The van der Waals surface area contributed by atoms with Crippen LogP contribution in [0.25, 0.3) is 11.1 Å². The van der Waals surface area contributed by atoms with Crippen LogP contribution in [0.5, 0.6) is 0 Å². The highest BCUT2D eigenvalue weighted by Crippen LogP contribution is 2.37. The summed E-state index contributed by atoms with van der Waals surface area (Å²) in [6.45, 7) is 1.78. The highest BCUT2D eigenvalue weighted by atomic mass is 79.9. The first-order valence-electron chi connectivity index (χ1n) is 5.98. The number of carbonyl (C=O) groups excluding carboxylic acids is 1. The summed E-state index contributed by atoms with van der Waals surface area (Å²) in [6.07, 6.45) is -4.45. The summed E-state index contributed by atoms with van der Waals surface area (Å²) in [5.74, 6) is -0.692. The van der Waals surface area contributed by atoms with Crippen LogP contribution in [-0.2, 0) is 6.18 Å². The molecule has 1 amide bonds. The Morgan fingerprint density at radius 2 is 1.86 bits per heavy atom.